The number of nitriles is 1. The number of nitrogens with one attached hydrogen (secondary N) is 2. The summed E-state index contributed by atoms with van der Waals surface area (Å²) in [4.78, 5) is 9.04. The smallest absolute Gasteiger partial charge is 0.159 e. The number of fused-ring (bicyclic) bond motifs is 1. The van der Waals surface area contributed by atoms with E-state index in [1.807, 2.05) is 19.9 Å². The van der Waals surface area contributed by atoms with E-state index in [2.05, 4.69) is 64.1 Å². The highest BCUT2D eigenvalue weighted by molar-refractivity contribution is 5.80. The van der Waals surface area contributed by atoms with E-state index in [1.54, 1.807) is 24.5 Å². The molecule has 0 saturated heterocycles. The monoisotopic (exact) mass is 400 g/mol. The van der Waals surface area contributed by atoms with E-state index in [9.17, 15) is 5.26 Å². The number of hydrogen-bond donors (Lipinski definition) is 2. The van der Waals surface area contributed by atoms with Gasteiger partial charge in [-0.1, -0.05) is 6.07 Å². The van der Waals surface area contributed by atoms with Crippen LogP contribution in [0.3, 0.4) is 0 Å². The van der Waals surface area contributed by atoms with Crippen molar-refractivity contribution >= 4 is 11.4 Å². The van der Waals surface area contributed by atoms with Crippen LogP contribution in [0.15, 0.2) is 48.8 Å². The molecular formula is C23H24N6O. The van der Waals surface area contributed by atoms with Crippen molar-refractivity contribution < 1.29 is 4.74 Å². The normalized spacial score (nSPS) is 12.6. The highest BCUT2D eigenvalue weighted by atomic mass is 16.5. The standard InChI is InChI=1S/C23H24N6O/c1-14(2)29-21-7-5-16(10-20(21)27-28-29)19-12-25-23(26-13-19)17-6-8-22(30-15(3)4)18(9-17)11-24/h5-10,12-15,27-28H,1-4H3. The quantitative estimate of drug-likeness (QED) is 0.651. The van der Waals surface area contributed by atoms with Gasteiger partial charge in [0, 0.05) is 29.6 Å². The minimum absolute atomic E-state index is 0.00288. The fourth-order valence-corrected chi connectivity index (χ4v) is 3.35. The summed E-state index contributed by atoms with van der Waals surface area (Å²) in [6.07, 6.45) is 3.61. The van der Waals surface area contributed by atoms with Crippen LogP contribution >= 0.6 is 0 Å². The van der Waals surface area contributed by atoms with Gasteiger partial charge in [0.05, 0.1) is 23.0 Å². The molecule has 0 fully saturated rings. The molecule has 2 aromatic carbocycles. The van der Waals surface area contributed by atoms with Gasteiger partial charge in [0.2, 0.25) is 0 Å². The van der Waals surface area contributed by atoms with Gasteiger partial charge in [-0.25, -0.2) is 9.97 Å². The average Bonchev–Trinajstić information content (AvgIpc) is 3.17. The van der Waals surface area contributed by atoms with Crippen LogP contribution in [0.25, 0.3) is 22.5 Å². The number of anilines is 2. The number of nitrogens with zero attached hydrogens (tertiary/aromatic N) is 4. The molecule has 0 atom stereocenters. The first-order chi connectivity index (χ1) is 14.5. The summed E-state index contributed by atoms with van der Waals surface area (Å²) in [5, 5.41) is 11.5. The van der Waals surface area contributed by atoms with Crippen LogP contribution < -0.4 is 20.7 Å². The zero-order chi connectivity index (χ0) is 21.3. The van der Waals surface area contributed by atoms with E-state index >= 15 is 0 Å². The van der Waals surface area contributed by atoms with Gasteiger partial charge >= 0.3 is 0 Å². The molecule has 7 heteroatoms. The number of ether oxygens (including phenoxy) is 1. The molecule has 30 heavy (non-hydrogen) atoms. The molecule has 4 rings (SSSR count). The summed E-state index contributed by atoms with van der Waals surface area (Å²) in [5.41, 5.74) is 11.7. The first kappa shape index (κ1) is 19.7. The van der Waals surface area contributed by atoms with E-state index in [0.29, 0.717) is 23.2 Å². The Morgan fingerprint density at radius 2 is 1.70 bits per heavy atom. The van der Waals surface area contributed by atoms with Gasteiger partial charge in [0.25, 0.3) is 0 Å². The zero-order valence-electron chi connectivity index (χ0n) is 17.5. The van der Waals surface area contributed by atoms with Crippen molar-refractivity contribution in [3.05, 3.63) is 54.4 Å². The van der Waals surface area contributed by atoms with Crippen LogP contribution in [0.4, 0.5) is 11.4 Å². The minimum Gasteiger partial charge on any atom is -0.490 e. The summed E-state index contributed by atoms with van der Waals surface area (Å²) in [7, 11) is 0. The van der Waals surface area contributed by atoms with Crippen molar-refractivity contribution in [2.24, 2.45) is 0 Å². The van der Waals surface area contributed by atoms with Crippen molar-refractivity contribution in [2.45, 2.75) is 39.8 Å². The Morgan fingerprint density at radius 1 is 0.967 bits per heavy atom. The Kier molecular flexibility index (Phi) is 5.25. The Hall–Kier alpha value is -3.63. The minimum atomic E-state index is 0.00288. The van der Waals surface area contributed by atoms with E-state index in [1.165, 1.54) is 0 Å². The number of hydrogen-bond acceptors (Lipinski definition) is 7. The predicted molar refractivity (Wildman–Crippen MR) is 118 cm³/mol. The van der Waals surface area contributed by atoms with Gasteiger partial charge in [-0.05, 0) is 63.6 Å². The van der Waals surface area contributed by atoms with Gasteiger partial charge in [-0.3, -0.25) is 5.01 Å². The molecule has 0 amide bonds. The van der Waals surface area contributed by atoms with E-state index in [-0.39, 0.29) is 6.10 Å². The third-order valence-corrected chi connectivity index (χ3v) is 4.79. The highest BCUT2D eigenvalue weighted by Crippen LogP contribution is 2.34. The number of rotatable bonds is 5. The van der Waals surface area contributed by atoms with Crippen molar-refractivity contribution in [3.63, 3.8) is 0 Å². The molecule has 152 valence electrons. The molecular weight excluding hydrogens is 376 g/mol. The van der Waals surface area contributed by atoms with Crippen molar-refractivity contribution in [1.82, 2.24) is 15.5 Å². The third kappa shape index (κ3) is 3.78. The topological polar surface area (TPSA) is 86.1 Å². The molecule has 1 aliphatic rings. The Balaban J connectivity index is 1.59. The fraction of sp³-hybridized carbons (Fsp3) is 0.261. The predicted octanol–water partition coefficient (Wildman–Crippen LogP) is 4.53. The van der Waals surface area contributed by atoms with Crippen LogP contribution in [0.5, 0.6) is 5.75 Å². The molecule has 0 unspecified atom stereocenters. The van der Waals surface area contributed by atoms with Crippen LogP contribution in [-0.2, 0) is 0 Å². The number of hydrazine groups is 2. The molecule has 0 radical (unpaired) electrons. The van der Waals surface area contributed by atoms with Gasteiger partial charge < -0.3 is 10.2 Å². The Labute approximate surface area is 176 Å². The second-order valence-electron chi connectivity index (χ2n) is 7.72. The van der Waals surface area contributed by atoms with Crippen molar-refractivity contribution in [2.75, 3.05) is 10.4 Å². The Bertz CT molecular complexity index is 1100. The highest BCUT2D eigenvalue weighted by Gasteiger charge is 2.21. The van der Waals surface area contributed by atoms with Crippen LogP contribution in [0.2, 0.25) is 0 Å². The first-order valence-electron chi connectivity index (χ1n) is 9.95. The van der Waals surface area contributed by atoms with E-state index in [4.69, 9.17) is 4.74 Å². The van der Waals surface area contributed by atoms with Crippen LogP contribution in [-0.4, -0.2) is 22.1 Å². The molecule has 0 spiro atoms. The lowest BCUT2D eigenvalue weighted by Crippen LogP contribution is -2.41. The van der Waals surface area contributed by atoms with Crippen LogP contribution in [0.1, 0.15) is 33.3 Å². The van der Waals surface area contributed by atoms with Gasteiger partial charge in [-0.2, -0.15) is 5.26 Å². The first-order valence-corrected chi connectivity index (χ1v) is 9.95. The van der Waals surface area contributed by atoms with Crippen molar-refractivity contribution in [1.29, 1.82) is 5.26 Å². The lowest BCUT2D eigenvalue weighted by atomic mass is 10.1. The molecule has 2 heterocycles. The number of aromatic nitrogens is 2. The lowest BCUT2D eigenvalue weighted by molar-refractivity contribution is 0.242. The van der Waals surface area contributed by atoms with E-state index < -0.39 is 0 Å². The number of benzene rings is 2. The SMILES string of the molecule is CC(C)Oc1ccc(-c2ncc(-c3ccc4c(c3)NNN4C(C)C)cn2)cc1C#N. The van der Waals surface area contributed by atoms with Gasteiger partial charge in [0.1, 0.15) is 11.8 Å². The summed E-state index contributed by atoms with van der Waals surface area (Å²) < 4.78 is 5.69. The van der Waals surface area contributed by atoms with Crippen molar-refractivity contribution in [3.8, 4) is 34.3 Å². The summed E-state index contributed by atoms with van der Waals surface area (Å²) in [5.74, 6) is 1.14. The summed E-state index contributed by atoms with van der Waals surface area (Å²) in [6, 6.07) is 14.2. The maximum absolute atomic E-state index is 9.44. The molecule has 0 saturated carbocycles. The van der Waals surface area contributed by atoms with Gasteiger partial charge in [0.15, 0.2) is 5.82 Å². The zero-order valence-corrected chi connectivity index (χ0v) is 17.5. The second kappa shape index (κ2) is 8.01. The molecule has 1 aromatic heterocycles. The second-order valence-corrected chi connectivity index (χ2v) is 7.72. The maximum atomic E-state index is 9.44. The van der Waals surface area contributed by atoms with Crippen LogP contribution in [0, 0.1) is 11.3 Å². The third-order valence-electron chi connectivity index (χ3n) is 4.79. The largest absolute Gasteiger partial charge is 0.490 e. The molecule has 0 bridgehead atoms. The average molecular weight is 400 g/mol. The molecule has 3 aromatic rings. The Morgan fingerprint density at radius 3 is 2.37 bits per heavy atom. The lowest BCUT2D eigenvalue weighted by Gasteiger charge is -2.22. The van der Waals surface area contributed by atoms with E-state index in [0.717, 1.165) is 28.1 Å². The molecule has 2 N–H and O–H groups in total. The fourth-order valence-electron chi connectivity index (χ4n) is 3.35. The summed E-state index contributed by atoms with van der Waals surface area (Å²) >= 11 is 0. The molecule has 7 nitrogen and oxygen atoms in total. The summed E-state index contributed by atoms with van der Waals surface area (Å²) in [6.45, 7) is 8.12. The molecule has 0 aliphatic carbocycles. The molecule has 1 aliphatic heterocycles. The van der Waals surface area contributed by atoms with Gasteiger partial charge in [-0.15, -0.1) is 5.53 Å². The maximum Gasteiger partial charge on any atom is 0.159 e.